The van der Waals surface area contributed by atoms with E-state index >= 15 is 0 Å². The monoisotopic (exact) mass is 225 g/mol. The number of carbonyl (C=O) groups is 2. The lowest BCUT2D eigenvalue weighted by Crippen LogP contribution is -2.47. The summed E-state index contributed by atoms with van der Waals surface area (Å²) in [5, 5.41) is 10.9. The van der Waals surface area contributed by atoms with Crippen molar-refractivity contribution in [2.24, 2.45) is 5.73 Å². The predicted octanol–water partition coefficient (Wildman–Crippen LogP) is -0.561. The van der Waals surface area contributed by atoms with Crippen molar-refractivity contribution < 1.29 is 14.3 Å². The normalized spacial score (nSPS) is 21.1. The molecule has 1 saturated heterocycles. The lowest BCUT2D eigenvalue weighted by Gasteiger charge is -2.16. The number of nitrogens with zero attached hydrogens (tertiary/aromatic N) is 1. The number of hydrogen-bond donors (Lipinski definition) is 2. The van der Waals surface area contributed by atoms with Gasteiger partial charge in [-0.05, 0) is 19.3 Å². The van der Waals surface area contributed by atoms with E-state index in [1.807, 2.05) is 6.07 Å². The van der Waals surface area contributed by atoms with Crippen LogP contribution in [0, 0.1) is 11.3 Å². The third kappa shape index (κ3) is 3.51. The summed E-state index contributed by atoms with van der Waals surface area (Å²) in [6, 6.07) is 1.12. The van der Waals surface area contributed by atoms with Gasteiger partial charge in [0.2, 0.25) is 11.8 Å². The number of rotatable bonds is 5. The van der Waals surface area contributed by atoms with E-state index in [2.05, 4.69) is 5.32 Å². The van der Waals surface area contributed by atoms with Crippen LogP contribution in [-0.2, 0) is 14.3 Å². The summed E-state index contributed by atoms with van der Waals surface area (Å²) in [5.74, 6) is -0.944. The van der Waals surface area contributed by atoms with Crippen molar-refractivity contribution in [2.75, 3.05) is 6.61 Å². The topological polar surface area (TPSA) is 105 Å². The van der Waals surface area contributed by atoms with Crippen molar-refractivity contribution >= 4 is 11.8 Å². The average molecular weight is 225 g/mol. The summed E-state index contributed by atoms with van der Waals surface area (Å²) in [4.78, 5) is 22.6. The third-order valence-electron chi connectivity index (χ3n) is 2.43. The highest BCUT2D eigenvalue weighted by Gasteiger charge is 2.27. The van der Waals surface area contributed by atoms with E-state index in [-0.39, 0.29) is 18.7 Å². The Hall–Kier alpha value is -1.61. The van der Waals surface area contributed by atoms with Gasteiger partial charge in [-0.25, -0.2) is 0 Å². The van der Waals surface area contributed by atoms with Gasteiger partial charge in [-0.2, -0.15) is 5.26 Å². The van der Waals surface area contributed by atoms with Gasteiger partial charge in [-0.3, -0.25) is 9.59 Å². The fourth-order valence-electron chi connectivity index (χ4n) is 1.54. The van der Waals surface area contributed by atoms with E-state index in [1.165, 1.54) is 0 Å². The van der Waals surface area contributed by atoms with Crippen molar-refractivity contribution in [3.8, 4) is 6.07 Å². The van der Waals surface area contributed by atoms with Crippen LogP contribution in [0.15, 0.2) is 0 Å². The molecule has 6 nitrogen and oxygen atoms in total. The predicted molar refractivity (Wildman–Crippen MR) is 54.9 cm³/mol. The smallest absolute Gasteiger partial charge is 0.249 e. The molecule has 0 spiro atoms. The number of primary amides is 1. The fraction of sp³-hybridized carbons (Fsp3) is 0.700. The van der Waals surface area contributed by atoms with Crippen molar-refractivity contribution in [2.45, 2.75) is 37.8 Å². The van der Waals surface area contributed by atoms with E-state index < -0.39 is 18.1 Å². The van der Waals surface area contributed by atoms with Crippen molar-refractivity contribution in [1.29, 1.82) is 5.26 Å². The molecule has 0 saturated carbocycles. The Bertz CT molecular complexity index is 305. The van der Waals surface area contributed by atoms with Crippen LogP contribution >= 0.6 is 0 Å². The molecular formula is C10H15N3O3. The van der Waals surface area contributed by atoms with E-state index in [0.29, 0.717) is 13.0 Å². The Morgan fingerprint density at radius 1 is 1.62 bits per heavy atom. The van der Waals surface area contributed by atoms with Gasteiger partial charge in [-0.15, -0.1) is 0 Å². The van der Waals surface area contributed by atoms with Gasteiger partial charge in [-0.1, -0.05) is 0 Å². The number of amides is 2. The molecule has 0 aromatic heterocycles. The van der Waals surface area contributed by atoms with Gasteiger partial charge >= 0.3 is 0 Å². The van der Waals surface area contributed by atoms with E-state index in [0.717, 1.165) is 6.42 Å². The Balaban J connectivity index is 2.44. The van der Waals surface area contributed by atoms with Crippen molar-refractivity contribution in [1.82, 2.24) is 5.32 Å². The van der Waals surface area contributed by atoms with Gasteiger partial charge in [0.1, 0.15) is 12.1 Å². The maximum atomic E-state index is 11.6. The SMILES string of the molecule is N#CCC[C@H](NC(=O)[C@H]1CCCO1)C(N)=O. The summed E-state index contributed by atoms with van der Waals surface area (Å²) >= 11 is 0. The molecular weight excluding hydrogens is 210 g/mol. The summed E-state index contributed by atoms with van der Waals surface area (Å²) in [6.07, 6.45) is 1.44. The lowest BCUT2D eigenvalue weighted by atomic mass is 10.1. The fourth-order valence-corrected chi connectivity index (χ4v) is 1.54. The first-order chi connectivity index (χ1) is 7.65. The molecule has 0 unspecified atom stereocenters. The molecule has 1 fully saturated rings. The Labute approximate surface area is 93.7 Å². The zero-order valence-corrected chi connectivity index (χ0v) is 8.94. The standard InChI is InChI=1S/C10H15N3O3/c11-5-1-3-7(9(12)14)13-10(15)8-4-2-6-16-8/h7-8H,1-4,6H2,(H2,12,14)(H,13,15)/t7-,8+/m0/s1. The molecule has 0 radical (unpaired) electrons. The van der Waals surface area contributed by atoms with Crippen molar-refractivity contribution in [3.63, 3.8) is 0 Å². The molecule has 0 aromatic carbocycles. The molecule has 88 valence electrons. The molecule has 1 heterocycles. The Kier molecular flexibility index (Phi) is 4.73. The second-order valence-electron chi connectivity index (χ2n) is 3.66. The van der Waals surface area contributed by atoms with Crippen LogP contribution in [0.25, 0.3) is 0 Å². The number of nitriles is 1. The highest BCUT2D eigenvalue weighted by molar-refractivity contribution is 5.88. The maximum Gasteiger partial charge on any atom is 0.249 e. The molecule has 2 amide bonds. The first-order valence-corrected chi connectivity index (χ1v) is 5.23. The maximum absolute atomic E-state index is 11.6. The number of hydrogen-bond acceptors (Lipinski definition) is 4. The molecule has 0 bridgehead atoms. The number of ether oxygens (including phenoxy) is 1. The minimum atomic E-state index is -0.781. The molecule has 3 N–H and O–H groups in total. The molecule has 6 heteroatoms. The second kappa shape index (κ2) is 6.08. The van der Waals surface area contributed by atoms with Crippen molar-refractivity contribution in [3.05, 3.63) is 0 Å². The highest BCUT2D eigenvalue weighted by atomic mass is 16.5. The largest absolute Gasteiger partial charge is 0.368 e. The zero-order valence-electron chi connectivity index (χ0n) is 8.94. The van der Waals surface area contributed by atoms with Crippen LogP contribution in [0.3, 0.4) is 0 Å². The minimum absolute atomic E-state index is 0.180. The number of nitrogens with one attached hydrogen (secondary N) is 1. The second-order valence-corrected chi connectivity index (χ2v) is 3.66. The summed E-state index contributed by atoms with van der Waals surface area (Å²) in [5.41, 5.74) is 5.12. The van der Waals surface area contributed by atoms with Gasteiger partial charge in [0.15, 0.2) is 0 Å². The van der Waals surface area contributed by atoms with Gasteiger partial charge < -0.3 is 15.8 Å². The van der Waals surface area contributed by atoms with Gasteiger partial charge in [0.05, 0.1) is 6.07 Å². The highest BCUT2D eigenvalue weighted by Crippen LogP contribution is 2.12. The van der Waals surface area contributed by atoms with E-state index in [1.54, 1.807) is 0 Å². The third-order valence-corrected chi connectivity index (χ3v) is 2.43. The minimum Gasteiger partial charge on any atom is -0.368 e. The molecule has 16 heavy (non-hydrogen) atoms. The first-order valence-electron chi connectivity index (χ1n) is 5.23. The lowest BCUT2D eigenvalue weighted by molar-refractivity contribution is -0.133. The molecule has 1 aliphatic heterocycles. The molecule has 0 aliphatic carbocycles. The van der Waals surface area contributed by atoms with E-state index in [4.69, 9.17) is 15.7 Å². The molecule has 0 aromatic rings. The summed E-state index contributed by atoms with van der Waals surface area (Å²) < 4.78 is 5.17. The quantitative estimate of drug-likeness (QED) is 0.654. The first kappa shape index (κ1) is 12.5. The number of nitrogens with two attached hydrogens (primary N) is 1. The van der Waals surface area contributed by atoms with Crippen LogP contribution in [0.4, 0.5) is 0 Å². The van der Waals surface area contributed by atoms with Gasteiger partial charge in [0.25, 0.3) is 0 Å². The Morgan fingerprint density at radius 2 is 2.38 bits per heavy atom. The van der Waals surface area contributed by atoms with E-state index in [9.17, 15) is 9.59 Å². The van der Waals surface area contributed by atoms with Crippen LogP contribution in [-0.4, -0.2) is 30.6 Å². The zero-order chi connectivity index (χ0) is 12.0. The summed E-state index contributed by atoms with van der Waals surface area (Å²) in [6.45, 7) is 0.567. The molecule has 1 rings (SSSR count). The summed E-state index contributed by atoms with van der Waals surface area (Å²) in [7, 11) is 0. The van der Waals surface area contributed by atoms with Crippen LogP contribution in [0.2, 0.25) is 0 Å². The van der Waals surface area contributed by atoms with Crippen LogP contribution < -0.4 is 11.1 Å². The van der Waals surface area contributed by atoms with Crippen LogP contribution in [0.5, 0.6) is 0 Å². The van der Waals surface area contributed by atoms with Gasteiger partial charge in [0, 0.05) is 13.0 Å². The molecule has 1 aliphatic rings. The average Bonchev–Trinajstić information content (AvgIpc) is 2.76. The molecule has 2 atom stereocenters. The number of carbonyl (C=O) groups excluding carboxylic acids is 2. The Morgan fingerprint density at radius 3 is 2.88 bits per heavy atom. The van der Waals surface area contributed by atoms with Crippen LogP contribution in [0.1, 0.15) is 25.7 Å².